The highest BCUT2D eigenvalue weighted by Gasteiger charge is 2.31. The van der Waals surface area contributed by atoms with Crippen molar-refractivity contribution in [2.45, 2.75) is 38.8 Å². The molecule has 140 valence electrons. The van der Waals surface area contributed by atoms with Gasteiger partial charge in [0.25, 0.3) is 5.91 Å². The third-order valence-electron chi connectivity index (χ3n) is 5.31. The van der Waals surface area contributed by atoms with Gasteiger partial charge in [0, 0.05) is 23.6 Å². The first-order valence-corrected chi connectivity index (χ1v) is 9.50. The summed E-state index contributed by atoms with van der Waals surface area (Å²) in [5, 5.41) is 8.25. The van der Waals surface area contributed by atoms with E-state index in [1.165, 1.54) is 0 Å². The Hall–Kier alpha value is -3.35. The van der Waals surface area contributed by atoms with E-state index in [9.17, 15) is 9.59 Å². The second-order valence-electron chi connectivity index (χ2n) is 7.21. The van der Waals surface area contributed by atoms with Crippen molar-refractivity contribution >= 4 is 17.5 Å². The molecule has 0 radical (unpaired) electrons. The number of rotatable bonds is 5. The minimum absolute atomic E-state index is 0.0771. The number of hydrogen-bond acceptors (Lipinski definition) is 5. The number of fused-ring (bicyclic) bond motifs is 1. The summed E-state index contributed by atoms with van der Waals surface area (Å²) in [5.74, 6) is 1.28. The summed E-state index contributed by atoms with van der Waals surface area (Å²) in [6.07, 6.45) is 4.44. The topological polar surface area (TPSA) is 81.0 Å². The maximum absolute atomic E-state index is 12.9. The molecule has 3 aromatic rings. The zero-order valence-corrected chi connectivity index (χ0v) is 15.5. The zero-order valence-electron chi connectivity index (χ0n) is 15.5. The third kappa shape index (κ3) is 2.70. The van der Waals surface area contributed by atoms with Crippen LogP contribution in [0.25, 0.3) is 11.5 Å². The van der Waals surface area contributed by atoms with E-state index in [0.717, 1.165) is 24.2 Å². The van der Waals surface area contributed by atoms with Crippen LogP contribution in [0, 0.1) is 0 Å². The number of ketones is 1. The van der Waals surface area contributed by atoms with Gasteiger partial charge in [-0.1, -0.05) is 19.1 Å². The second-order valence-corrected chi connectivity index (χ2v) is 7.21. The number of hydrogen-bond donors (Lipinski definition) is 0. The van der Waals surface area contributed by atoms with Crippen LogP contribution in [0.4, 0.5) is 5.82 Å². The van der Waals surface area contributed by atoms with Gasteiger partial charge in [-0.05, 0) is 42.7 Å². The quantitative estimate of drug-likeness (QED) is 0.640. The van der Waals surface area contributed by atoms with Crippen molar-refractivity contribution in [1.82, 2.24) is 19.7 Å². The average Bonchev–Trinajstić information content (AvgIpc) is 3.36. The van der Waals surface area contributed by atoms with E-state index in [-0.39, 0.29) is 11.7 Å². The second kappa shape index (κ2) is 6.37. The summed E-state index contributed by atoms with van der Waals surface area (Å²) in [4.78, 5) is 31.2. The Morgan fingerprint density at radius 3 is 2.86 bits per heavy atom. The van der Waals surface area contributed by atoms with Crippen LogP contribution < -0.4 is 4.90 Å². The smallest absolute Gasteiger partial charge is 0.260 e. The standard InChI is InChI=1S/C21H19N5O2/c1-2-18(27)13-6-9-16-14(10-13)11-25(21(16)28)19-5-3-4-17(23-19)20-24-22-12-26(20)15-7-8-15/h3-6,9-10,12,15H,2,7-8,11H2,1H3. The van der Waals surface area contributed by atoms with Crippen LogP contribution >= 0.6 is 0 Å². The molecule has 0 saturated heterocycles. The lowest BCUT2D eigenvalue weighted by molar-refractivity contribution is 0.0981. The molecule has 0 N–H and O–H groups in total. The molecule has 2 aliphatic rings. The van der Waals surface area contributed by atoms with Crippen LogP contribution in [0.3, 0.4) is 0 Å². The van der Waals surface area contributed by atoms with E-state index >= 15 is 0 Å². The summed E-state index contributed by atoms with van der Waals surface area (Å²) >= 11 is 0. The van der Waals surface area contributed by atoms with Gasteiger partial charge in [0.05, 0.1) is 6.54 Å². The van der Waals surface area contributed by atoms with Crippen LogP contribution in [0.15, 0.2) is 42.7 Å². The first-order chi connectivity index (χ1) is 13.7. The normalized spacial score (nSPS) is 15.8. The Morgan fingerprint density at radius 2 is 2.07 bits per heavy atom. The van der Waals surface area contributed by atoms with Crippen LogP contribution in [-0.4, -0.2) is 31.4 Å². The summed E-state index contributed by atoms with van der Waals surface area (Å²) in [6.45, 7) is 2.24. The molecule has 3 heterocycles. The molecular weight excluding hydrogens is 354 g/mol. The molecule has 0 unspecified atom stereocenters. The number of carbonyl (C=O) groups excluding carboxylic acids is 2. The summed E-state index contributed by atoms with van der Waals surface area (Å²) in [6, 6.07) is 11.3. The summed E-state index contributed by atoms with van der Waals surface area (Å²) < 4.78 is 2.05. The number of nitrogens with zero attached hydrogens (tertiary/aromatic N) is 5. The SMILES string of the molecule is CCC(=O)c1ccc2c(c1)CN(c1cccc(-c3nncn3C3CC3)n1)C2=O. The van der Waals surface area contributed by atoms with Gasteiger partial charge in [0.15, 0.2) is 11.6 Å². The molecule has 1 fully saturated rings. The number of anilines is 1. The van der Waals surface area contributed by atoms with Gasteiger partial charge in [0.2, 0.25) is 0 Å². The minimum atomic E-state index is -0.0983. The summed E-state index contributed by atoms with van der Waals surface area (Å²) in [7, 11) is 0. The van der Waals surface area contributed by atoms with E-state index in [0.29, 0.717) is 41.6 Å². The average molecular weight is 373 g/mol. The van der Waals surface area contributed by atoms with Crippen molar-refractivity contribution in [1.29, 1.82) is 0 Å². The Kier molecular flexibility index (Phi) is 3.82. The number of amides is 1. The summed E-state index contributed by atoms with van der Waals surface area (Å²) in [5.41, 5.74) is 2.83. The molecule has 0 bridgehead atoms. The Morgan fingerprint density at radius 1 is 1.21 bits per heavy atom. The van der Waals surface area contributed by atoms with Crippen LogP contribution in [0.1, 0.15) is 58.5 Å². The first kappa shape index (κ1) is 16.8. The molecule has 0 spiro atoms. The van der Waals surface area contributed by atoms with Crippen molar-refractivity contribution < 1.29 is 9.59 Å². The predicted molar refractivity (Wildman–Crippen MR) is 103 cm³/mol. The molecule has 1 aromatic carbocycles. The fourth-order valence-electron chi connectivity index (χ4n) is 3.63. The number of carbonyl (C=O) groups is 2. The van der Waals surface area contributed by atoms with Crippen molar-refractivity contribution in [3.8, 4) is 11.5 Å². The van der Waals surface area contributed by atoms with E-state index in [4.69, 9.17) is 4.98 Å². The van der Waals surface area contributed by atoms with Gasteiger partial charge in [-0.2, -0.15) is 0 Å². The van der Waals surface area contributed by atoms with Crippen LogP contribution in [0.5, 0.6) is 0 Å². The van der Waals surface area contributed by atoms with Gasteiger partial charge in [-0.3, -0.25) is 14.5 Å². The van der Waals surface area contributed by atoms with E-state index in [1.807, 2.05) is 31.2 Å². The highest BCUT2D eigenvalue weighted by molar-refractivity contribution is 6.10. The highest BCUT2D eigenvalue weighted by Crippen LogP contribution is 2.37. The maximum Gasteiger partial charge on any atom is 0.260 e. The molecular formula is C21H19N5O2. The van der Waals surface area contributed by atoms with E-state index < -0.39 is 0 Å². The molecule has 1 aliphatic carbocycles. The minimum Gasteiger partial charge on any atom is -0.309 e. The largest absolute Gasteiger partial charge is 0.309 e. The lowest BCUT2D eigenvalue weighted by Crippen LogP contribution is -2.24. The predicted octanol–water partition coefficient (Wildman–Crippen LogP) is 3.43. The zero-order chi connectivity index (χ0) is 19.3. The van der Waals surface area contributed by atoms with Crippen molar-refractivity contribution in [3.05, 3.63) is 59.4 Å². The Labute approximate surface area is 162 Å². The van der Waals surface area contributed by atoms with Crippen molar-refractivity contribution in [2.75, 3.05) is 4.90 Å². The third-order valence-corrected chi connectivity index (χ3v) is 5.31. The lowest BCUT2D eigenvalue weighted by Gasteiger charge is -2.15. The molecule has 1 amide bonds. The number of benzene rings is 1. The van der Waals surface area contributed by atoms with Crippen LogP contribution in [-0.2, 0) is 6.54 Å². The Balaban J connectivity index is 1.47. The number of aromatic nitrogens is 4. The number of Topliss-reactive ketones (excluding diaryl/α,β-unsaturated/α-hetero) is 1. The molecule has 7 heteroatoms. The van der Waals surface area contributed by atoms with Crippen LogP contribution in [0.2, 0.25) is 0 Å². The maximum atomic E-state index is 12.9. The molecule has 7 nitrogen and oxygen atoms in total. The molecule has 1 saturated carbocycles. The fraction of sp³-hybridized carbons (Fsp3) is 0.286. The van der Waals surface area contributed by atoms with Crippen molar-refractivity contribution in [2.24, 2.45) is 0 Å². The van der Waals surface area contributed by atoms with E-state index in [1.54, 1.807) is 23.4 Å². The monoisotopic (exact) mass is 373 g/mol. The lowest BCUT2D eigenvalue weighted by atomic mass is 10.0. The van der Waals surface area contributed by atoms with E-state index in [2.05, 4.69) is 14.8 Å². The van der Waals surface area contributed by atoms with Crippen molar-refractivity contribution in [3.63, 3.8) is 0 Å². The first-order valence-electron chi connectivity index (χ1n) is 9.50. The molecule has 0 atom stereocenters. The number of pyridine rings is 1. The molecule has 5 rings (SSSR count). The van der Waals surface area contributed by atoms with Gasteiger partial charge < -0.3 is 4.57 Å². The van der Waals surface area contributed by atoms with Gasteiger partial charge in [0.1, 0.15) is 17.8 Å². The fourth-order valence-corrected chi connectivity index (χ4v) is 3.63. The van der Waals surface area contributed by atoms with Gasteiger partial charge >= 0.3 is 0 Å². The van der Waals surface area contributed by atoms with Gasteiger partial charge in [-0.15, -0.1) is 10.2 Å². The molecule has 2 aromatic heterocycles. The van der Waals surface area contributed by atoms with Gasteiger partial charge in [-0.25, -0.2) is 4.98 Å². The molecule has 28 heavy (non-hydrogen) atoms. The highest BCUT2D eigenvalue weighted by atomic mass is 16.2. The molecule has 1 aliphatic heterocycles. The Bertz CT molecular complexity index is 1100.